The van der Waals surface area contributed by atoms with Crippen molar-refractivity contribution in [2.24, 2.45) is 7.05 Å². The maximum absolute atomic E-state index is 12.6. The number of para-hydroxylation sites is 1. The van der Waals surface area contributed by atoms with Crippen molar-refractivity contribution in [1.82, 2.24) is 9.55 Å². The third-order valence-electron chi connectivity index (χ3n) is 4.48. The number of imidazole rings is 1. The van der Waals surface area contributed by atoms with E-state index in [1.807, 2.05) is 31.2 Å². The van der Waals surface area contributed by atoms with Crippen molar-refractivity contribution in [3.63, 3.8) is 0 Å². The van der Waals surface area contributed by atoms with Gasteiger partial charge in [-0.1, -0.05) is 18.2 Å². The van der Waals surface area contributed by atoms with Crippen LogP contribution in [0.2, 0.25) is 0 Å². The summed E-state index contributed by atoms with van der Waals surface area (Å²) >= 11 is 0. The Kier molecular flexibility index (Phi) is 4.08. The van der Waals surface area contributed by atoms with Crippen molar-refractivity contribution in [3.8, 4) is 0 Å². The molecule has 0 atom stereocenters. The topological polar surface area (TPSA) is 77.1 Å². The normalized spacial score (nSPS) is 10.9. The fourth-order valence-electron chi connectivity index (χ4n) is 3.00. The number of rotatable bonds is 4. The van der Waals surface area contributed by atoms with E-state index in [1.165, 1.54) is 0 Å². The molecule has 0 spiro atoms. The molecule has 0 unspecified atom stereocenters. The largest absolute Gasteiger partial charge is 0.451 e. The van der Waals surface area contributed by atoms with Gasteiger partial charge in [-0.2, -0.15) is 0 Å². The van der Waals surface area contributed by atoms with Gasteiger partial charge in [0.1, 0.15) is 5.58 Å². The zero-order chi connectivity index (χ0) is 19.0. The van der Waals surface area contributed by atoms with Crippen LogP contribution in [0, 0.1) is 6.92 Å². The summed E-state index contributed by atoms with van der Waals surface area (Å²) in [6.45, 7) is 1.86. The molecule has 0 saturated carbocycles. The number of aromatic nitrogens is 2. The number of nitrogens with zero attached hydrogens (tertiary/aromatic N) is 2. The minimum atomic E-state index is -0.327. The lowest BCUT2D eigenvalue weighted by Crippen LogP contribution is -2.13. The Morgan fingerprint density at radius 1 is 1.07 bits per heavy atom. The van der Waals surface area contributed by atoms with E-state index in [0.717, 1.165) is 10.9 Å². The Labute approximate surface area is 155 Å². The van der Waals surface area contributed by atoms with Gasteiger partial charge in [0.05, 0.1) is 0 Å². The first-order chi connectivity index (χ1) is 13.0. The van der Waals surface area contributed by atoms with E-state index >= 15 is 0 Å². The number of ketones is 1. The van der Waals surface area contributed by atoms with Gasteiger partial charge in [-0.3, -0.25) is 9.59 Å². The Bertz CT molecular complexity index is 1150. The molecular formula is C21H17N3O3. The van der Waals surface area contributed by atoms with Crippen LogP contribution in [0.4, 0.5) is 5.69 Å². The molecule has 2 heterocycles. The molecule has 0 radical (unpaired) electrons. The lowest BCUT2D eigenvalue weighted by atomic mass is 10.1. The molecule has 0 aliphatic rings. The molecule has 0 fully saturated rings. The lowest BCUT2D eigenvalue weighted by molar-refractivity contribution is 0.0996. The molecular weight excluding hydrogens is 342 g/mol. The molecule has 6 heteroatoms. The fraction of sp³-hybridized carbons (Fsp3) is 0.0952. The Balaban J connectivity index is 1.54. The number of nitrogens with one attached hydrogen (secondary N) is 1. The van der Waals surface area contributed by atoms with Crippen molar-refractivity contribution in [2.45, 2.75) is 6.92 Å². The van der Waals surface area contributed by atoms with E-state index in [4.69, 9.17) is 4.42 Å². The van der Waals surface area contributed by atoms with Crippen LogP contribution in [0.5, 0.6) is 0 Å². The number of fused-ring (bicyclic) bond motifs is 1. The van der Waals surface area contributed by atoms with E-state index in [9.17, 15) is 9.59 Å². The summed E-state index contributed by atoms with van der Waals surface area (Å²) in [5.41, 5.74) is 2.55. The highest BCUT2D eigenvalue weighted by molar-refractivity contribution is 6.08. The molecule has 1 N–H and O–H groups in total. The number of furan rings is 1. The predicted molar refractivity (Wildman–Crippen MR) is 102 cm³/mol. The average molecular weight is 359 g/mol. The summed E-state index contributed by atoms with van der Waals surface area (Å²) < 4.78 is 7.35. The number of hydrogen-bond acceptors (Lipinski definition) is 4. The van der Waals surface area contributed by atoms with Crippen molar-refractivity contribution >= 4 is 28.3 Å². The van der Waals surface area contributed by atoms with Crippen molar-refractivity contribution in [2.75, 3.05) is 5.32 Å². The van der Waals surface area contributed by atoms with Crippen LogP contribution in [-0.2, 0) is 7.05 Å². The third-order valence-corrected chi connectivity index (χ3v) is 4.48. The molecule has 0 aliphatic carbocycles. The van der Waals surface area contributed by atoms with Crippen LogP contribution < -0.4 is 5.32 Å². The highest BCUT2D eigenvalue weighted by atomic mass is 16.3. The van der Waals surface area contributed by atoms with Crippen LogP contribution in [0.3, 0.4) is 0 Å². The molecule has 27 heavy (non-hydrogen) atoms. The summed E-state index contributed by atoms with van der Waals surface area (Å²) in [5, 5.41) is 3.72. The molecule has 0 aliphatic heterocycles. The zero-order valence-electron chi connectivity index (χ0n) is 14.9. The zero-order valence-corrected chi connectivity index (χ0v) is 14.9. The van der Waals surface area contributed by atoms with Gasteiger partial charge in [0.15, 0.2) is 11.6 Å². The Morgan fingerprint density at radius 3 is 2.48 bits per heavy atom. The van der Waals surface area contributed by atoms with E-state index in [-0.39, 0.29) is 17.5 Å². The fourth-order valence-corrected chi connectivity index (χ4v) is 3.00. The molecule has 2 aromatic carbocycles. The SMILES string of the molecule is Cc1c(C(=O)Nc2ccc(C(=O)c3nccn3C)cc2)oc2ccccc12. The van der Waals surface area contributed by atoms with Crippen molar-refractivity contribution < 1.29 is 14.0 Å². The van der Waals surface area contributed by atoms with Crippen LogP contribution >= 0.6 is 0 Å². The van der Waals surface area contributed by atoms with Crippen LogP contribution in [-0.4, -0.2) is 21.2 Å². The molecule has 6 nitrogen and oxygen atoms in total. The second kappa shape index (κ2) is 6.57. The Morgan fingerprint density at radius 2 is 1.81 bits per heavy atom. The third kappa shape index (κ3) is 3.01. The minimum absolute atomic E-state index is 0.173. The number of carbonyl (C=O) groups excluding carboxylic acids is 2. The van der Waals surface area contributed by atoms with Gasteiger partial charge in [-0.15, -0.1) is 0 Å². The summed E-state index contributed by atoms with van der Waals surface area (Å²) in [6, 6.07) is 14.2. The first kappa shape index (κ1) is 16.8. The molecule has 2 aromatic heterocycles. The van der Waals surface area contributed by atoms with Crippen molar-refractivity contribution in [1.29, 1.82) is 0 Å². The van der Waals surface area contributed by atoms with Crippen LogP contribution in [0.15, 0.2) is 65.3 Å². The monoisotopic (exact) mass is 359 g/mol. The number of hydrogen-bond donors (Lipinski definition) is 1. The molecule has 0 bridgehead atoms. The molecule has 4 aromatic rings. The van der Waals surface area contributed by atoms with E-state index in [0.29, 0.717) is 22.7 Å². The lowest BCUT2D eigenvalue weighted by Gasteiger charge is -2.06. The van der Waals surface area contributed by atoms with Gasteiger partial charge in [0, 0.05) is 41.6 Å². The summed E-state index contributed by atoms with van der Waals surface area (Å²) in [6.07, 6.45) is 3.30. The maximum atomic E-state index is 12.6. The molecule has 134 valence electrons. The van der Waals surface area contributed by atoms with Gasteiger partial charge >= 0.3 is 0 Å². The summed E-state index contributed by atoms with van der Waals surface area (Å²) in [7, 11) is 1.77. The summed E-state index contributed by atoms with van der Waals surface area (Å²) in [5.74, 6) is 0.148. The van der Waals surface area contributed by atoms with Gasteiger partial charge in [-0.25, -0.2) is 4.98 Å². The quantitative estimate of drug-likeness (QED) is 0.560. The number of anilines is 1. The van der Waals surface area contributed by atoms with E-state index < -0.39 is 0 Å². The number of benzene rings is 2. The second-order valence-corrected chi connectivity index (χ2v) is 6.27. The van der Waals surface area contributed by atoms with E-state index in [2.05, 4.69) is 10.3 Å². The number of carbonyl (C=O) groups is 2. The van der Waals surface area contributed by atoms with Crippen LogP contribution in [0.1, 0.15) is 32.3 Å². The Hall–Kier alpha value is -3.67. The van der Waals surface area contributed by atoms with Gasteiger partial charge in [-0.05, 0) is 37.3 Å². The first-order valence-electron chi connectivity index (χ1n) is 8.46. The maximum Gasteiger partial charge on any atom is 0.291 e. The number of amides is 1. The van der Waals surface area contributed by atoms with Gasteiger partial charge in [0.25, 0.3) is 5.91 Å². The second-order valence-electron chi connectivity index (χ2n) is 6.27. The van der Waals surface area contributed by atoms with Crippen LogP contribution in [0.25, 0.3) is 11.0 Å². The first-order valence-corrected chi connectivity index (χ1v) is 8.46. The summed E-state index contributed by atoms with van der Waals surface area (Å²) in [4.78, 5) is 29.1. The average Bonchev–Trinajstić information content (AvgIpc) is 3.25. The van der Waals surface area contributed by atoms with E-state index in [1.54, 1.807) is 48.3 Å². The smallest absolute Gasteiger partial charge is 0.291 e. The number of aryl methyl sites for hydroxylation is 2. The molecule has 4 rings (SSSR count). The minimum Gasteiger partial charge on any atom is -0.451 e. The highest BCUT2D eigenvalue weighted by Gasteiger charge is 2.18. The van der Waals surface area contributed by atoms with Gasteiger partial charge in [0.2, 0.25) is 5.78 Å². The highest BCUT2D eigenvalue weighted by Crippen LogP contribution is 2.25. The standard InChI is InChI=1S/C21H17N3O3/c1-13-16-5-3-4-6-17(16)27-19(13)21(26)23-15-9-7-14(8-10-15)18(25)20-22-11-12-24(20)2/h3-12H,1-2H3,(H,23,26). The predicted octanol–water partition coefficient (Wildman–Crippen LogP) is 3.96. The molecule has 0 saturated heterocycles. The van der Waals surface area contributed by atoms with Crippen molar-refractivity contribution in [3.05, 3.63) is 83.6 Å². The molecule has 1 amide bonds. The van der Waals surface area contributed by atoms with Gasteiger partial charge < -0.3 is 14.3 Å².